The van der Waals surface area contributed by atoms with Gasteiger partial charge in [0.2, 0.25) is 10.0 Å². The minimum absolute atomic E-state index is 0. The van der Waals surface area contributed by atoms with Crippen LogP contribution in [0, 0.1) is 5.92 Å². The fraction of sp³-hybridized carbons (Fsp3) is 0.533. The zero-order valence-electron chi connectivity index (χ0n) is 14.1. The number of hydrogen-bond donors (Lipinski definition) is 2. The van der Waals surface area contributed by atoms with Gasteiger partial charge in [-0.05, 0) is 43.4 Å². The van der Waals surface area contributed by atoms with Crippen molar-refractivity contribution >= 4 is 15.9 Å². The fourth-order valence-corrected chi connectivity index (χ4v) is 3.78. The highest BCUT2D eigenvalue weighted by molar-refractivity contribution is 7.89. The Balaban J connectivity index is 0.00000225. The summed E-state index contributed by atoms with van der Waals surface area (Å²) in [6.45, 7) is 2.58. The monoisotopic (exact) mass is 372 g/mol. The van der Waals surface area contributed by atoms with E-state index >= 15 is 0 Å². The topological polar surface area (TPSA) is 136 Å². The molecule has 25 heavy (non-hydrogen) atoms. The highest BCUT2D eigenvalue weighted by Gasteiger charge is 2.30. The summed E-state index contributed by atoms with van der Waals surface area (Å²) in [6, 6.07) is 4.00. The summed E-state index contributed by atoms with van der Waals surface area (Å²) < 4.78 is 28.2. The molecule has 3 fully saturated rings. The summed E-state index contributed by atoms with van der Waals surface area (Å²) in [5, 5.41) is 9.11. The minimum Gasteiger partial charge on any atom is -0.496 e. The summed E-state index contributed by atoms with van der Waals surface area (Å²) in [5.41, 5.74) is 3.00. The number of rotatable bonds is 4. The lowest BCUT2D eigenvalue weighted by molar-refractivity contribution is -0.0560. The molecule has 140 valence electrons. The molecular formula is C15H24N4O5S. The Bertz CT molecular complexity index is 731. The van der Waals surface area contributed by atoms with Crippen LogP contribution in [0.2, 0.25) is 0 Å². The molecule has 3 aliphatic rings. The molecule has 0 aliphatic carbocycles. The number of nitrogens with one attached hydrogen (secondary N) is 1. The lowest BCUT2D eigenvalue weighted by Gasteiger charge is -2.34. The second kappa shape index (κ2) is 7.67. The second-order valence-corrected chi connectivity index (χ2v) is 7.72. The van der Waals surface area contributed by atoms with Gasteiger partial charge in [-0.1, -0.05) is 0 Å². The van der Waals surface area contributed by atoms with Crippen molar-refractivity contribution in [2.45, 2.75) is 24.2 Å². The number of nitrogens with zero attached hydrogens (tertiary/aromatic N) is 2. The number of fused-ring (bicyclic) bond motifs is 4. The number of amides is 1. The van der Waals surface area contributed by atoms with Gasteiger partial charge in [0, 0.05) is 19.6 Å². The number of hydrazine groups is 2. The molecule has 9 nitrogen and oxygen atoms in total. The van der Waals surface area contributed by atoms with E-state index in [9.17, 15) is 13.2 Å². The minimum atomic E-state index is -3.89. The molecule has 0 unspecified atom stereocenters. The van der Waals surface area contributed by atoms with Gasteiger partial charge in [-0.2, -0.15) is 5.12 Å². The number of methoxy groups -OCH3 is 1. The molecule has 0 radical (unpaired) electrons. The molecule has 3 aliphatic heterocycles. The molecule has 3 saturated heterocycles. The van der Waals surface area contributed by atoms with E-state index in [4.69, 9.17) is 9.88 Å². The predicted molar refractivity (Wildman–Crippen MR) is 91.1 cm³/mol. The van der Waals surface area contributed by atoms with Crippen LogP contribution in [0.25, 0.3) is 0 Å². The van der Waals surface area contributed by atoms with E-state index in [1.165, 1.54) is 25.3 Å². The van der Waals surface area contributed by atoms with E-state index in [1.54, 1.807) is 0 Å². The molecule has 0 aromatic heterocycles. The number of piperidine rings is 1. The SMILES string of the molecule is COc1ccc(S(N)(=O)=O)cc1C(=O)NN1CCC2CCN1CC2.O. The van der Waals surface area contributed by atoms with Crippen molar-refractivity contribution in [3.63, 3.8) is 0 Å². The van der Waals surface area contributed by atoms with Gasteiger partial charge in [-0.3, -0.25) is 10.2 Å². The summed E-state index contributed by atoms with van der Waals surface area (Å²) in [5.74, 6) is 0.597. The second-order valence-electron chi connectivity index (χ2n) is 6.16. The van der Waals surface area contributed by atoms with Gasteiger partial charge in [0.15, 0.2) is 0 Å². The van der Waals surface area contributed by atoms with Gasteiger partial charge < -0.3 is 10.2 Å². The molecule has 1 aromatic rings. The van der Waals surface area contributed by atoms with Crippen LogP contribution in [0.3, 0.4) is 0 Å². The van der Waals surface area contributed by atoms with Gasteiger partial charge in [0.1, 0.15) is 5.75 Å². The van der Waals surface area contributed by atoms with Gasteiger partial charge in [0.25, 0.3) is 5.91 Å². The van der Waals surface area contributed by atoms with Crippen LogP contribution in [0.15, 0.2) is 23.1 Å². The normalized spacial score (nSPS) is 23.4. The van der Waals surface area contributed by atoms with Gasteiger partial charge in [0.05, 0.1) is 17.6 Å². The van der Waals surface area contributed by atoms with Crippen LogP contribution >= 0.6 is 0 Å². The molecule has 3 heterocycles. The molecule has 0 atom stereocenters. The zero-order valence-corrected chi connectivity index (χ0v) is 14.9. The maximum absolute atomic E-state index is 12.7. The third-order valence-electron chi connectivity index (χ3n) is 4.66. The zero-order chi connectivity index (χ0) is 17.3. The van der Waals surface area contributed by atoms with E-state index in [-0.39, 0.29) is 15.9 Å². The van der Waals surface area contributed by atoms with Crippen LogP contribution in [-0.2, 0) is 10.0 Å². The standard InChI is InChI=1S/C15H22N4O4S.H2O/c1-23-14-3-2-12(24(16,21)22)10-13(14)15(20)17-19-9-6-11-4-7-18(19)8-5-11;/h2-3,10-11H,4-9H2,1H3,(H,17,20)(H2,16,21,22);1H2. The van der Waals surface area contributed by atoms with Crippen LogP contribution in [0.5, 0.6) is 5.75 Å². The Morgan fingerprint density at radius 3 is 2.48 bits per heavy atom. The Hall–Kier alpha value is -1.72. The number of benzene rings is 1. The number of sulfonamides is 1. The lowest BCUT2D eigenvalue weighted by Crippen LogP contribution is -2.53. The molecule has 5 N–H and O–H groups in total. The number of nitrogens with two attached hydrogens (primary N) is 1. The third kappa shape index (κ3) is 4.28. The average Bonchev–Trinajstić information content (AvgIpc) is 2.87. The largest absolute Gasteiger partial charge is 0.496 e. The maximum Gasteiger partial charge on any atom is 0.270 e. The Kier molecular flexibility index (Phi) is 6.01. The summed E-state index contributed by atoms with van der Waals surface area (Å²) in [6.07, 6.45) is 3.30. The van der Waals surface area contributed by atoms with E-state index in [0.717, 1.165) is 38.9 Å². The van der Waals surface area contributed by atoms with Gasteiger partial charge in [-0.25, -0.2) is 18.6 Å². The van der Waals surface area contributed by atoms with Crippen molar-refractivity contribution in [2.24, 2.45) is 11.1 Å². The number of primary sulfonamides is 1. The van der Waals surface area contributed by atoms with E-state index in [0.29, 0.717) is 11.7 Å². The van der Waals surface area contributed by atoms with Crippen molar-refractivity contribution < 1.29 is 23.4 Å². The molecule has 4 rings (SSSR count). The molecule has 0 saturated carbocycles. The first kappa shape index (κ1) is 19.6. The molecular weight excluding hydrogens is 348 g/mol. The predicted octanol–water partition coefficient (Wildman–Crippen LogP) is -0.505. The number of carbonyl (C=O) groups is 1. The quantitative estimate of drug-likeness (QED) is 0.731. The third-order valence-corrected chi connectivity index (χ3v) is 5.57. The first-order chi connectivity index (χ1) is 11.4. The highest BCUT2D eigenvalue weighted by Crippen LogP contribution is 2.26. The van der Waals surface area contributed by atoms with Crippen molar-refractivity contribution in [2.75, 3.05) is 26.7 Å². The maximum atomic E-state index is 12.7. The summed E-state index contributed by atoms with van der Waals surface area (Å²) in [4.78, 5) is 12.5. The van der Waals surface area contributed by atoms with Crippen molar-refractivity contribution in [1.82, 2.24) is 15.6 Å². The van der Waals surface area contributed by atoms with E-state index in [1.807, 2.05) is 5.12 Å². The highest BCUT2D eigenvalue weighted by atomic mass is 32.2. The molecule has 2 bridgehead atoms. The van der Waals surface area contributed by atoms with Crippen LogP contribution in [-0.4, -0.2) is 56.7 Å². The van der Waals surface area contributed by atoms with Crippen LogP contribution in [0.1, 0.15) is 29.6 Å². The average molecular weight is 372 g/mol. The molecule has 0 spiro atoms. The van der Waals surface area contributed by atoms with E-state index in [2.05, 4.69) is 10.4 Å². The Labute approximate surface area is 147 Å². The summed E-state index contributed by atoms with van der Waals surface area (Å²) >= 11 is 0. The Morgan fingerprint density at radius 2 is 1.88 bits per heavy atom. The van der Waals surface area contributed by atoms with Crippen LogP contribution < -0.4 is 15.3 Å². The number of carbonyl (C=O) groups excluding carboxylic acids is 1. The number of ether oxygens (including phenoxy) is 1. The fourth-order valence-electron chi connectivity index (χ4n) is 3.24. The van der Waals surface area contributed by atoms with Crippen LogP contribution in [0.4, 0.5) is 0 Å². The van der Waals surface area contributed by atoms with Crippen molar-refractivity contribution in [1.29, 1.82) is 0 Å². The smallest absolute Gasteiger partial charge is 0.270 e. The Morgan fingerprint density at radius 1 is 1.24 bits per heavy atom. The number of hydrogen-bond acceptors (Lipinski definition) is 6. The van der Waals surface area contributed by atoms with Crippen molar-refractivity contribution in [3.8, 4) is 5.75 Å². The van der Waals surface area contributed by atoms with Gasteiger partial charge in [-0.15, -0.1) is 0 Å². The van der Waals surface area contributed by atoms with Crippen molar-refractivity contribution in [3.05, 3.63) is 23.8 Å². The van der Waals surface area contributed by atoms with E-state index < -0.39 is 15.9 Å². The first-order valence-corrected chi connectivity index (χ1v) is 9.47. The molecule has 1 aromatic carbocycles. The first-order valence-electron chi connectivity index (χ1n) is 7.92. The van der Waals surface area contributed by atoms with Gasteiger partial charge >= 0.3 is 0 Å². The molecule has 1 amide bonds. The summed E-state index contributed by atoms with van der Waals surface area (Å²) in [7, 11) is -2.46. The lowest BCUT2D eigenvalue weighted by atomic mass is 9.96. The molecule has 10 heteroatoms.